The number of para-hydroxylation sites is 2. The Morgan fingerprint density at radius 2 is 1.73 bits per heavy atom. The molecule has 0 aliphatic carbocycles. The Morgan fingerprint density at radius 3 is 2.50 bits per heavy atom. The summed E-state index contributed by atoms with van der Waals surface area (Å²) in [7, 11) is 1.54. The number of benzene rings is 2. The number of ether oxygens (including phenoxy) is 2. The minimum atomic E-state index is -0.741. The molecule has 1 fully saturated rings. The van der Waals surface area contributed by atoms with Gasteiger partial charge in [0.1, 0.15) is 5.75 Å². The van der Waals surface area contributed by atoms with Gasteiger partial charge in [-0.1, -0.05) is 18.2 Å². The van der Waals surface area contributed by atoms with Crippen LogP contribution < -0.4 is 20.3 Å². The van der Waals surface area contributed by atoms with Crippen LogP contribution in [0.25, 0.3) is 0 Å². The Morgan fingerprint density at radius 1 is 1.00 bits per heavy atom. The molecule has 0 radical (unpaired) electrons. The van der Waals surface area contributed by atoms with Gasteiger partial charge in [-0.25, -0.2) is 0 Å². The van der Waals surface area contributed by atoms with Gasteiger partial charge >= 0.3 is 11.8 Å². The van der Waals surface area contributed by atoms with Gasteiger partial charge < -0.3 is 25.0 Å². The number of methoxy groups -OCH3 is 1. The number of anilines is 3. The van der Waals surface area contributed by atoms with E-state index in [1.54, 1.807) is 30.3 Å². The van der Waals surface area contributed by atoms with Gasteiger partial charge in [-0.3, -0.25) is 9.59 Å². The molecule has 1 aliphatic rings. The van der Waals surface area contributed by atoms with E-state index in [1.165, 1.54) is 7.11 Å². The van der Waals surface area contributed by atoms with Gasteiger partial charge in [0.25, 0.3) is 0 Å². The van der Waals surface area contributed by atoms with Crippen LogP contribution in [0.2, 0.25) is 0 Å². The van der Waals surface area contributed by atoms with Crippen LogP contribution in [0.4, 0.5) is 17.1 Å². The third kappa shape index (κ3) is 4.31. The van der Waals surface area contributed by atoms with Crippen LogP contribution in [0.15, 0.2) is 48.5 Å². The van der Waals surface area contributed by atoms with Crippen LogP contribution in [0.3, 0.4) is 0 Å². The molecular weight excluding hydrogens is 334 g/mol. The molecule has 1 heterocycles. The van der Waals surface area contributed by atoms with E-state index in [1.807, 2.05) is 18.2 Å². The third-order valence-electron chi connectivity index (χ3n) is 4.04. The van der Waals surface area contributed by atoms with E-state index in [-0.39, 0.29) is 0 Å². The predicted octanol–water partition coefficient (Wildman–Crippen LogP) is 2.11. The van der Waals surface area contributed by atoms with Crippen LogP contribution in [0.1, 0.15) is 0 Å². The number of nitrogens with one attached hydrogen (secondary N) is 2. The van der Waals surface area contributed by atoms with E-state index < -0.39 is 11.8 Å². The molecule has 0 aromatic heterocycles. The van der Waals surface area contributed by atoms with Crippen molar-refractivity contribution < 1.29 is 19.1 Å². The van der Waals surface area contributed by atoms with Gasteiger partial charge in [-0.2, -0.15) is 0 Å². The quantitative estimate of drug-likeness (QED) is 0.821. The Hall–Kier alpha value is -3.06. The van der Waals surface area contributed by atoms with Crippen molar-refractivity contribution in [2.75, 3.05) is 48.9 Å². The summed E-state index contributed by atoms with van der Waals surface area (Å²) >= 11 is 0. The molecule has 2 aromatic carbocycles. The van der Waals surface area contributed by atoms with Crippen LogP contribution >= 0.6 is 0 Å². The fourth-order valence-electron chi connectivity index (χ4n) is 2.73. The first-order chi connectivity index (χ1) is 12.7. The van der Waals surface area contributed by atoms with Gasteiger partial charge in [0.15, 0.2) is 0 Å². The number of nitrogens with zero attached hydrogens (tertiary/aromatic N) is 1. The monoisotopic (exact) mass is 355 g/mol. The molecule has 0 spiro atoms. The summed E-state index contributed by atoms with van der Waals surface area (Å²) in [4.78, 5) is 26.6. The topological polar surface area (TPSA) is 79.9 Å². The molecule has 7 heteroatoms. The number of hydrogen-bond acceptors (Lipinski definition) is 5. The summed E-state index contributed by atoms with van der Waals surface area (Å²) in [5.74, 6) is -0.871. The molecular formula is C19H21N3O4. The van der Waals surface area contributed by atoms with E-state index >= 15 is 0 Å². The first kappa shape index (κ1) is 17.8. The second-order valence-corrected chi connectivity index (χ2v) is 5.76. The second-order valence-electron chi connectivity index (χ2n) is 5.76. The van der Waals surface area contributed by atoms with Crippen molar-refractivity contribution in [1.29, 1.82) is 0 Å². The lowest BCUT2D eigenvalue weighted by Crippen LogP contribution is -2.37. The highest BCUT2D eigenvalue weighted by molar-refractivity contribution is 6.43. The number of rotatable bonds is 4. The molecule has 1 saturated heterocycles. The number of carbonyl (C=O) groups excluding carboxylic acids is 2. The summed E-state index contributed by atoms with van der Waals surface area (Å²) in [6, 6.07) is 14.2. The highest BCUT2D eigenvalue weighted by atomic mass is 16.5. The lowest BCUT2D eigenvalue weighted by molar-refractivity contribution is -0.132. The summed E-state index contributed by atoms with van der Waals surface area (Å²) in [5, 5.41) is 5.26. The van der Waals surface area contributed by atoms with Crippen molar-refractivity contribution in [3.05, 3.63) is 48.5 Å². The van der Waals surface area contributed by atoms with Crippen molar-refractivity contribution in [3.8, 4) is 5.75 Å². The third-order valence-corrected chi connectivity index (χ3v) is 4.04. The summed E-state index contributed by atoms with van der Waals surface area (Å²) in [6.45, 7) is 2.75. The van der Waals surface area contributed by atoms with Gasteiger partial charge in [-0.05, 0) is 24.3 Å². The second kappa shape index (κ2) is 8.35. The number of carbonyl (C=O) groups is 2. The smallest absolute Gasteiger partial charge is 0.314 e. The predicted molar refractivity (Wildman–Crippen MR) is 99.7 cm³/mol. The maximum atomic E-state index is 12.3. The van der Waals surface area contributed by atoms with E-state index in [0.29, 0.717) is 30.3 Å². The summed E-state index contributed by atoms with van der Waals surface area (Å²) < 4.78 is 10.5. The largest absolute Gasteiger partial charge is 0.497 e. The van der Waals surface area contributed by atoms with Crippen molar-refractivity contribution in [2.45, 2.75) is 0 Å². The minimum Gasteiger partial charge on any atom is -0.497 e. The summed E-state index contributed by atoms with van der Waals surface area (Å²) in [5.41, 5.74) is 1.96. The molecule has 0 unspecified atom stereocenters. The molecule has 2 N–H and O–H groups in total. The molecule has 7 nitrogen and oxygen atoms in total. The highest BCUT2D eigenvalue weighted by Crippen LogP contribution is 2.26. The Kier molecular flexibility index (Phi) is 5.70. The minimum absolute atomic E-state index is 0.492. The number of amides is 2. The number of morpholine rings is 1. The standard InChI is InChI=1S/C19H21N3O4/c1-25-15-6-4-5-14(13-15)20-18(23)19(24)21-16-7-2-3-8-17(16)22-9-11-26-12-10-22/h2-8,13H,9-12H2,1H3,(H,20,23)(H,21,24). The zero-order valence-corrected chi connectivity index (χ0v) is 14.5. The van der Waals surface area contributed by atoms with Crippen molar-refractivity contribution in [2.24, 2.45) is 0 Å². The zero-order chi connectivity index (χ0) is 18.4. The first-order valence-corrected chi connectivity index (χ1v) is 8.35. The van der Waals surface area contributed by atoms with Crippen molar-refractivity contribution in [1.82, 2.24) is 0 Å². The van der Waals surface area contributed by atoms with Gasteiger partial charge in [0.05, 0.1) is 31.7 Å². The highest BCUT2D eigenvalue weighted by Gasteiger charge is 2.19. The van der Waals surface area contributed by atoms with Crippen LogP contribution in [-0.4, -0.2) is 45.2 Å². The zero-order valence-electron chi connectivity index (χ0n) is 14.5. The lowest BCUT2D eigenvalue weighted by atomic mass is 10.2. The lowest BCUT2D eigenvalue weighted by Gasteiger charge is -2.30. The van der Waals surface area contributed by atoms with Crippen molar-refractivity contribution >= 4 is 28.9 Å². The Labute approximate surface area is 151 Å². The first-order valence-electron chi connectivity index (χ1n) is 8.35. The molecule has 26 heavy (non-hydrogen) atoms. The molecule has 0 saturated carbocycles. The molecule has 136 valence electrons. The molecule has 0 bridgehead atoms. The van der Waals surface area contributed by atoms with E-state index in [9.17, 15) is 9.59 Å². The normalized spacial score (nSPS) is 13.8. The van der Waals surface area contributed by atoms with Crippen LogP contribution in [0.5, 0.6) is 5.75 Å². The van der Waals surface area contributed by atoms with Crippen molar-refractivity contribution in [3.63, 3.8) is 0 Å². The maximum Gasteiger partial charge on any atom is 0.314 e. The fraction of sp³-hybridized carbons (Fsp3) is 0.263. The van der Waals surface area contributed by atoms with Crippen LogP contribution in [0, 0.1) is 0 Å². The Bertz CT molecular complexity index is 788. The van der Waals surface area contributed by atoms with E-state index in [4.69, 9.17) is 9.47 Å². The molecule has 3 rings (SSSR count). The maximum absolute atomic E-state index is 12.3. The van der Waals surface area contributed by atoms with E-state index in [2.05, 4.69) is 15.5 Å². The summed E-state index contributed by atoms with van der Waals surface area (Å²) in [6.07, 6.45) is 0. The average Bonchev–Trinajstić information content (AvgIpc) is 2.69. The average molecular weight is 355 g/mol. The number of hydrogen-bond donors (Lipinski definition) is 2. The molecule has 2 amide bonds. The van der Waals surface area contributed by atoms with Gasteiger partial charge in [0, 0.05) is 24.8 Å². The fourth-order valence-corrected chi connectivity index (χ4v) is 2.73. The van der Waals surface area contributed by atoms with Gasteiger partial charge in [-0.15, -0.1) is 0 Å². The molecule has 2 aromatic rings. The van der Waals surface area contributed by atoms with E-state index in [0.717, 1.165) is 18.8 Å². The molecule has 1 aliphatic heterocycles. The van der Waals surface area contributed by atoms with Gasteiger partial charge in [0.2, 0.25) is 0 Å². The van der Waals surface area contributed by atoms with Crippen LogP contribution in [-0.2, 0) is 14.3 Å². The Balaban J connectivity index is 1.68. The SMILES string of the molecule is COc1cccc(NC(=O)C(=O)Nc2ccccc2N2CCOCC2)c1. The molecule has 0 atom stereocenters.